The third-order valence-corrected chi connectivity index (χ3v) is 4.01. The molecule has 4 heteroatoms. The van der Waals surface area contributed by atoms with Crippen LogP contribution in [0, 0.1) is 13.8 Å². The molecule has 0 aliphatic heterocycles. The lowest BCUT2D eigenvalue weighted by molar-refractivity contribution is -0.140. The van der Waals surface area contributed by atoms with E-state index in [4.69, 9.17) is 9.47 Å². The van der Waals surface area contributed by atoms with Crippen molar-refractivity contribution in [2.45, 2.75) is 34.3 Å². The van der Waals surface area contributed by atoms with Crippen molar-refractivity contribution in [3.8, 4) is 16.9 Å². The van der Waals surface area contributed by atoms with Crippen molar-refractivity contribution in [3.05, 3.63) is 77.4 Å². The summed E-state index contributed by atoms with van der Waals surface area (Å²) < 4.78 is 10.6. The van der Waals surface area contributed by atoms with Gasteiger partial charge in [0.1, 0.15) is 12.4 Å². The molecule has 0 aromatic heterocycles. The Hall–Kier alpha value is -3.14. The second kappa shape index (κ2) is 8.49. The first kappa shape index (κ1) is 20.2. The minimum absolute atomic E-state index is 0.208. The lowest BCUT2D eigenvalue weighted by Crippen LogP contribution is -2.10. The van der Waals surface area contributed by atoms with Crippen LogP contribution in [0.3, 0.4) is 0 Å². The average molecular weight is 364 g/mol. The minimum Gasteiger partial charge on any atom is -0.457 e. The summed E-state index contributed by atoms with van der Waals surface area (Å²) >= 11 is 0. The van der Waals surface area contributed by atoms with Crippen LogP contribution in [-0.4, -0.2) is 11.9 Å². The third-order valence-electron chi connectivity index (χ3n) is 4.01. The van der Waals surface area contributed by atoms with E-state index in [9.17, 15) is 9.59 Å². The summed E-state index contributed by atoms with van der Waals surface area (Å²) in [5, 5.41) is 0. The van der Waals surface area contributed by atoms with Crippen molar-refractivity contribution in [3.63, 3.8) is 0 Å². The summed E-state index contributed by atoms with van der Waals surface area (Å²) in [4.78, 5) is 23.3. The molecular formula is C23H24O4. The molecule has 0 amide bonds. The molecular weight excluding hydrogens is 340 g/mol. The Balaban J connectivity index is 2.18. The van der Waals surface area contributed by atoms with Crippen LogP contribution in [-0.2, 0) is 20.9 Å². The molecule has 2 aromatic rings. The average Bonchev–Trinajstić information content (AvgIpc) is 2.62. The predicted octanol–water partition coefficient (Wildman–Crippen LogP) is 5.07. The molecule has 4 nitrogen and oxygen atoms in total. The first-order valence-electron chi connectivity index (χ1n) is 8.60. The van der Waals surface area contributed by atoms with Gasteiger partial charge in [0.05, 0.1) is 0 Å². The second-order valence-corrected chi connectivity index (χ2v) is 6.66. The third kappa shape index (κ3) is 5.17. The molecule has 0 N–H and O–H groups in total. The van der Waals surface area contributed by atoms with Crippen molar-refractivity contribution in [1.29, 1.82) is 0 Å². The SMILES string of the molecule is C=C(C)C(=O)OCc1ccc(-c2cc(C)c(OC(=O)C(=C)C)c(C)c2)cc1. The summed E-state index contributed by atoms with van der Waals surface area (Å²) in [7, 11) is 0. The number of benzene rings is 2. The van der Waals surface area contributed by atoms with E-state index in [1.165, 1.54) is 0 Å². The number of rotatable bonds is 6. The lowest BCUT2D eigenvalue weighted by atomic mass is 9.99. The fourth-order valence-corrected chi connectivity index (χ4v) is 2.52. The molecule has 0 spiro atoms. The van der Waals surface area contributed by atoms with Crippen LogP contribution in [0.25, 0.3) is 11.1 Å². The molecule has 0 unspecified atom stereocenters. The van der Waals surface area contributed by atoms with E-state index in [2.05, 4.69) is 13.2 Å². The van der Waals surface area contributed by atoms with Crippen LogP contribution in [0.15, 0.2) is 60.7 Å². The minimum atomic E-state index is -0.428. The highest BCUT2D eigenvalue weighted by Gasteiger charge is 2.13. The van der Waals surface area contributed by atoms with Gasteiger partial charge in [-0.05, 0) is 67.6 Å². The van der Waals surface area contributed by atoms with Gasteiger partial charge in [-0.2, -0.15) is 0 Å². The molecule has 0 bridgehead atoms. The highest BCUT2D eigenvalue weighted by molar-refractivity contribution is 5.89. The maximum atomic E-state index is 11.8. The molecule has 0 fully saturated rings. The van der Waals surface area contributed by atoms with E-state index >= 15 is 0 Å². The molecule has 2 rings (SSSR count). The summed E-state index contributed by atoms with van der Waals surface area (Å²) in [6, 6.07) is 11.7. The zero-order chi connectivity index (χ0) is 20.1. The van der Waals surface area contributed by atoms with Crippen LogP contribution >= 0.6 is 0 Å². The Morgan fingerprint density at radius 1 is 0.852 bits per heavy atom. The van der Waals surface area contributed by atoms with Gasteiger partial charge in [-0.1, -0.05) is 37.4 Å². The molecule has 0 radical (unpaired) electrons. The van der Waals surface area contributed by atoms with Crippen LogP contribution in [0.2, 0.25) is 0 Å². The zero-order valence-electron chi connectivity index (χ0n) is 16.2. The summed E-state index contributed by atoms with van der Waals surface area (Å²) in [6.45, 7) is 14.4. The zero-order valence-corrected chi connectivity index (χ0v) is 16.2. The Morgan fingerprint density at radius 2 is 1.37 bits per heavy atom. The number of esters is 2. The van der Waals surface area contributed by atoms with E-state index in [0.717, 1.165) is 27.8 Å². The van der Waals surface area contributed by atoms with Crippen molar-refractivity contribution >= 4 is 11.9 Å². The summed E-state index contributed by atoms with van der Waals surface area (Å²) in [5.41, 5.74) is 5.43. The van der Waals surface area contributed by atoms with Crippen molar-refractivity contribution in [2.75, 3.05) is 0 Å². The van der Waals surface area contributed by atoms with Crippen molar-refractivity contribution < 1.29 is 19.1 Å². The summed E-state index contributed by atoms with van der Waals surface area (Å²) in [6.07, 6.45) is 0. The fourth-order valence-electron chi connectivity index (χ4n) is 2.52. The van der Waals surface area contributed by atoms with Gasteiger partial charge in [0.15, 0.2) is 0 Å². The number of hydrogen-bond donors (Lipinski definition) is 0. The van der Waals surface area contributed by atoms with Crippen LogP contribution < -0.4 is 4.74 Å². The molecule has 140 valence electrons. The maximum absolute atomic E-state index is 11.8. The van der Waals surface area contributed by atoms with Gasteiger partial charge in [-0.25, -0.2) is 9.59 Å². The monoisotopic (exact) mass is 364 g/mol. The van der Waals surface area contributed by atoms with E-state index in [0.29, 0.717) is 16.9 Å². The second-order valence-electron chi connectivity index (χ2n) is 6.66. The quantitative estimate of drug-likeness (QED) is 0.408. The first-order valence-corrected chi connectivity index (χ1v) is 8.60. The molecule has 0 aliphatic carbocycles. The van der Waals surface area contributed by atoms with Crippen LogP contribution in [0.5, 0.6) is 5.75 Å². The lowest BCUT2D eigenvalue weighted by Gasteiger charge is -2.13. The Morgan fingerprint density at radius 3 is 1.85 bits per heavy atom. The molecule has 0 saturated heterocycles. The van der Waals surface area contributed by atoms with Gasteiger partial charge in [-0.15, -0.1) is 0 Å². The van der Waals surface area contributed by atoms with Gasteiger partial charge in [0, 0.05) is 11.1 Å². The normalized spacial score (nSPS) is 10.2. The Kier molecular flexibility index (Phi) is 6.35. The Labute approximate surface area is 160 Å². The van der Waals surface area contributed by atoms with E-state index < -0.39 is 11.9 Å². The number of aryl methyl sites for hydroxylation is 2. The van der Waals surface area contributed by atoms with Crippen molar-refractivity contribution in [2.24, 2.45) is 0 Å². The van der Waals surface area contributed by atoms with Gasteiger partial charge in [-0.3, -0.25) is 0 Å². The molecule has 2 aromatic carbocycles. The van der Waals surface area contributed by atoms with E-state index in [-0.39, 0.29) is 6.61 Å². The predicted molar refractivity (Wildman–Crippen MR) is 106 cm³/mol. The van der Waals surface area contributed by atoms with Gasteiger partial charge < -0.3 is 9.47 Å². The van der Waals surface area contributed by atoms with E-state index in [1.807, 2.05) is 50.2 Å². The van der Waals surface area contributed by atoms with Crippen LogP contribution in [0.4, 0.5) is 0 Å². The molecule has 0 saturated carbocycles. The highest BCUT2D eigenvalue weighted by Crippen LogP contribution is 2.31. The van der Waals surface area contributed by atoms with E-state index in [1.54, 1.807) is 13.8 Å². The van der Waals surface area contributed by atoms with Gasteiger partial charge >= 0.3 is 11.9 Å². The standard InChI is InChI=1S/C23H24O4/c1-14(2)22(24)26-13-18-7-9-19(10-8-18)20-11-16(5)21(17(6)12-20)27-23(25)15(3)4/h7-12H,1,3,13H2,2,4-6H3. The molecule has 0 heterocycles. The molecule has 0 aliphatic rings. The smallest absolute Gasteiger partial charge is 0.338 e. The number of ether oxygens (including phenoxy) is 2. The first-order chi connectivity index (χ1) is 12.7. The Bertz CT molecular complexity index is 881. The molecule has 0 atom stereocenters. The van der Waals surface area contributed by atoms with Gasteiger partial charge in [0.25, 0.3) is 0 Å². The molecule has 27 heavy (non-hydrogen) atoms. The summed E-state index contributed by atoms with van der Waals surface area (Å²) in [5.74, 6) is -0.261. The number of hydrogen-bond acceptors (Lipinski definition) is 4. The fraction of sp³-hybridized carbons (Fsp3) is 0.217. The largest absolute Gasteiger partial charge is 0.457 e. The number of carbonyl (C=O) groups is 2. The maximum Gasteiger partial charge on any atom is 0.338 e. The van der Waals surface area contributed by atoms with Crippen molar-refractivity contribution in [1.82, 2.24) is 0 Å². The topological polar surface area (TPSA) is 52.6 Å². The highest BCUT2D eigenvalue weighted by atomic mass is 16.5. The van der Waals surface area contributed by atoms with Crippen LogP contribution in [0.1, 0.15) is 30.5 Å². The number of carbonyl (C=O) groups excluding carboxylic acids is 2. The van der Waals surface area contributed by atoms with Gasteiger partial charge in [0.2, 0.25) is 0 Å².